The van der Waals surface area contributed by atoms with Gasteiger partial charge in [-0.05, 0) is 0 Å². The Labute approximate surface area is 60.2 Å². The van der Waals surface area contributed by atoms with Crippen LogP contribution in [-0.4, -0.2) is 6.16 Å². The Bertz CT molecular complexity index is 46.8. The van der Waals surface area contributed by atoms with Crippen molar-refractivity contribution in [2.75, 3.05) is 0 Å². The predicted molar refractivity (Wildman–Crippen MR) is 7.57 cm³/mol. The van der Waals surface area contributed by atoms with Crippen molar-refractivity contribution in [2.45, 2.75) is 0 Å². The molecule has 0 aliphatic heterocycles. The Morgan fingerprint density at radius 2 is 1.67 bits per heavy atom. The number of carbonyl (C=O) groups is 1. The van der Waals surface area contributed by atoms with Crippen molar-refractivity contribution >= 4 is 6.16 Å². The molecule has 0 aliphatic carbocycles. The van der Waals surface area contributed by atoms with E-state index in [-0.39, 0.29) is 0 Å². The first-order valence-electron chi connectivity index (χ1n) is 0.859. The van der Waals surface area contributed by atoms with E-state index in [4.69, 9.17) is 0 Å². The zero-order valence-electron chi connectivity index (χ0n) is 2.33. The van der Waals surface area contributed by atoms with Gasteiger partial charge in [-0.25, -0.2) is 0 Å². The summed E-state index contributed by atoms with van der Waals surface area (Å²) >= 11 is 3.17. The Hall–Kier alpha value is 0.751. The fourth-order valence-corrected chi connectivity index (χ4v) is 0.508. The van der Waals surface area contributed by atoms with Crippen LogP contribution in [0.15, 0.2) is 0 Å². The summed E-state index contributed by atoms with van der Waals surface area (Å²) in [4.78, 5) is 9.71. The third kappa shape index (κ3) is 2.96. The Morgan fingerprint density at radius 1 is 1.33 bits per heavy atom. The molecule has 0 unspecified atom stereocenters. The van der Waals surface area contributed by atoms with Crippen LogP contribution < -0.4 is 0 Å². The molecule has 0 rings (SSSR count). The Kier molecular flexibility index (Phi) is 4.42. The zero-order valence-corrected chi connectivity index (χ0v) is 6.66. The van der Waals surface area contributed by atoms with Gasteiger partial charge in [0.1, 0.15) is 0 Å². The molecule has 0 amide bonds. The van der Waals surface area contributed by atoms with Gasteiger partial charge >= 0.3 is 60.4 Å². The van der Waals surface area contributed by atoms with Gasteiger partial charge in [0.05, 0.1) is 0 Å². The monoisotopic (exact) mass is 454 g/mol. The first kappa shape index (κ1) is 6.75. The molecular weight excluding hydrogens is 454 g/mol. The quantitative estimate of drug-likeness (QED) is 0.487. The van der Waals surface area contributed by atoms with Gasteiger partial charge in [0.2, 0.25) is 0 Å². The summed E-state index contributed by atoms with van der Waals surface area (Å²) in [6.45, 7) is 0. The van der Waals surface area contributed by atoms with Crippen molar-refractivity contribution in [1.29, 1.82) is 0 Å². The van der Waals surface area contributed by atoms with Crippen LogP contribution in [0.25, 0.3) is 0 Å². The molecule has 0 aromatic rings. The molecule has 0 heterocycles. The molecule has 0 N–H and O–H groups in total. The summed E-state index contributed by atoms with van der Waals surface area (Å²) in [7, 11) is 0. The van der Waals surface area contributed by atoms with E-state index in [9.17, 15) is 4.79 Å². The van der Waals surface area contributed by atoms with Crippen LogP contribution in [0.1, 0.15) is 0 Å². The van der Waals surface area contributed by atoms with Crippen LogP contribution in [-0.2, 0) is 49.4 Å². The van der Waals surface area contributed by atoms with E-state index in [2.05, 4.69) is 6.49 Å². The van der Waals surface area contributed by atoms with E-state index < -0.39 is 6.16 Å². The molecule has 0 aliphatic rings. The van der Waals surface area contributed by atoms with Crippen molar-refractivity contribution in [3.8, 4) is 0 Å². The first-order valence-corrected chi connectivity index (χ1v) is 2.63. The average molecular weight is 454 g/mol. The van der Waals surface area contributed by atoms with Crippen molar-refractivity contribution < 1.29 is 54.2 Å². The maximum atomic E-state index is 9.71. The van der Waals surface area contributed by atoms with Crippen molar-refractivity contribution in [2.24, 2.45) is 0 Å². The molecule has 0 saturated carbocycles. The molecule has 3 nitrogen and oxygen atoms in total. The van der Waals surface area contributed by atoms with Crippen LogP contribution in [0.2, 0.25) is 0 Å². The number of carbonyl (C=O) groups excluding carboxylic acids is 1. The molecule has 0 bridgehead atoms. The molecule has 0 aromatic heterocycles. The van der Waals surface area contributed by atoms with Gasteiger partial charge in [-0.1, -0.05) is 0 Å². The second kappa shape index (κ2) is 3.92. The molecule has 44 valence electrons. The van der Waals surface area contributed by atoms with Gasteiger partial charge in [0.15, 0.2) is 0 Å². The summed E-state index contributed by atoms with van der Waals surface area (Å²) in [5.41, 5.74) is 0. The van der Waals surface area contributed by atoms with Crippen LogP contribution in [0.3, 0.4) is 0 Å². The summed E-state index contributed by atoms with van der Waals surface area (Å²) in [5, 5.41) is 0. The van der Waals surface area contributed by atoms with Crippen LogP contribution in [0.4, 0.5) is 4.79 Å². The second-order valence-corrected chi connectivity index (χ2v) is 1.26. The van der Waals surface area contributed by atoms with Gasteiger partial charge in [-0.2, -0.15) is 0 Å². The third-order valence-electron chi connectivity index (χ3n) is 0.101. The molecule has 0 aromatic carbocycles. The summed E-state index contributed by atoms with van der Waals surface area (Å²) in [5.74, 6) is 0. The van der Waals surface area contributed by atoms with Gasteiger partial charge < -0.3 is 0 Å². The molecule has 0 spiro atoms. The summed E-state index contributed by atoms with van der Waals surface area (Å²) < 4.78 is 7.94. The second-order valence-electron chi connectivity index (χ2n) is 0.373. The molecule has 0 fully saturated rings. The van der Waals surface area contributed by atoms with E-state index in [0.717, 1.165) is 0 Å². The Morgan fingerprint density at radius 3 is 1.67 bits per heavy atom. The van der Waals surface area contributed by atoms with E-state index in [1.54, 1.807) is 42.9 Å². The minimum atomic E-state index is -0.707. The Balaban J connectivity index is 2.99. The number of hydrogen-bond acceptors (Lipinski definition) is 3. The van der Waals surface area contributed by atoms with E-state index in [0.29, 0.717) is 0 Å². The van der Waals surface area contributed by atoms with E-state index in [1.165, 1.54) is 0 Å². The average Bonchev–Trinajstić information content (AvgIpc) is 1.65. The van der Waals surface area contributed by atoms with Crippen molar-refractivity contribution in [1.82, 2.24) is 0 Å². The first-order chi connectivity index (χ1) is 2.81. The number of rotatable bonds is 0. The molecule has 0 saturated heterocycles. The number of hydrogen-bond donors (Lipinski definition) is 0. The molecule has 0 atom stereocenters. The van der Waals surface area contributed by atoms with Crippen LogP contribution in [0.5, 0.6) is 0 Å². The predicted octanol–water partition coefficient (Wildman–Crippen LogP) is 0.0632. The standard InChI is InChI=1S/CH2O3.2Au/c2-1(3)4;;/h(H2,2,3,4);;/q;2*+1/p-2. The van der Waals surface area contributed by atoms with E-state index in [1.807, 2.05) is 0 Å². The molecule has 0 radical (unpaired) electrons. The fraction of sp³-hybridized carbons (Fsp3) is 0. The summed E-state index contributed by atoms with van der Waals surface area (Å²) in [6.07, 6.45) is -0.707. The zero-order chi connectivity index (χ0) is 4.99. The van der Waals surface area contributed by atoms with Gasteiger partial charge in [0.25, 0.3) is 0 Å². The fourth-order valence-electron chi connectivity index (χ4n) is 0.00758. The van der Waals surface area contributed by atoms with Crippen molar-refractivity contribution in [3.05, 3.63) is 0 Å². The SMILES string of the molecule is O=C([O][Au])[O][Au]. The van der Waals surface area contributed by atoms with E-state index >= 15 is 0 Å². The van der Waals surface area contributed by atoms with Gasteiger partial charge in [0, 0.05) is 0 Å². The van der Waals surface area contributed by atoms with Crippen LogP contribution >= 0.6 is 0 Å². The summed E-state index contributed by atoms with van der Waals surface area (Å²) in [6, 6.07) is 0. The molecule has 6 heavy (non-hydrogen) atoms. The van der Waals surface area contributed by atoms with Crippen LogP contribution in [0, 0.1) is 0 Å². The molecule has 5 heteroatoms. The van der Waals surface area contributed by atoms with Gasteiger partial charge in [-0.3, -0.25) is 0 Å². The maximum absolute atomic E-state index is 9.71. The minimum absolute atomic E-state index is 0.707. The van der Waals surface area contributed by atoms with Gasteiger partial charge in [-0.15, -0.1) is 0 Å². The molecular formula is CAu2O3. The normalized spacial score (nSPS) is 7.33. The third-order valence-corrected chi connectivity index (χ3v) is 0.823. The topological polar surface area (TPSA) is 35.5 Å². The van der Waals surface area contributed by atoms with Crippen molar-refractivity contribution in [3.63, 3.8) is 0 Å².